The largest absolute Gasteiger partial charge is 0.271 e. The molecule has 0 saturated heterocycles. The maximum Gasteiger partial charge on any atom is 0.128 e. The third kappa shape index (κ3) is 3.21. The fourth-order valence-electron chi connectivity index (χ4n) is 2.51. The van der Waals surface area contributed by atoms with Crippen LogP contribution < -0.4 is 11.3 Å². The third-order valence-corrected chi connectivity index (χ3v) is 3.36. The van der Waals surface area contributed by atoms with E-state index < -0.39 is 6.04 Å². The van der Waals surface area contributed by atoms with Crippen LogP contribution in [0, 0.1) is 25.5 Å². The molecule has 0 bridgehead atoms. The number of hydrazine groups is 1. The summed E-state index contributed by atoms with van der Waals surface area (Å²) in [5.41, 5.74) is 5.63. The number of benzene rings is 2. The van der Waals surface area contributed by atoms with Gasteiger partial charge in [0.25, 0.3) is 0 Å². The maximum absolute atomic E-state index is 14.2. The second-order valence-electron chi connectivity index (χ2n) is 5.03. The van der Waals surface area contributed by atoms with Gasteiger partial charge in [-0.05, 0) is 55.2 Å². The zero-order chi connectivity index (χ0) is 14.7. The second kappa shape index (κ2) is 6.11. The van der Waals surface area contributed by atoms with Gasteiger partial charge >= 0.3 is 0 Å². The van der Waals surface area contributed by atoms with Gasteiger partial charge in [-0.2, -0.15) is 0 Å². The van der Waals surface area contributed by atoms with Crippen LogP contribution in [-0.4, -0.2) is 0 Å². The molecule has 0 aromatic heterocycles. The lowest BCUT2D eigenvalue weighted by atomic mass is 9.94. The zero-order valence-corrected chi connectivity index (χ0v) is 11.6. The van der Waals surface area contributed by atoms with Gasteiger partial charge in [0.2, 0.25) is 0 Å². The highest BCUT2D eigenvalue weighted by Crippen LogP contribution is 2.25. The lowest BCUT2D eigenvalue weighted by molar-refractivity contribution is 0.506. The Labute approximate surface area is 117 Å². The summed E-state index contributed by atoms with van der Waals surface area (Å²) in [6.07, 6.45) is 0.426. The van der Waals surface area contributed by atoms with Crippen LogP contribution in [0.1, 0.15) is 28.3 Å². The molecule has 0 amide bonds. The molecule has 0 heterocycles. The molecule has 0 aliphatic rings. The Balaban J connectivity index is 2.34. The molecule has 0 fully saturated rings. The minimum atomic E-state index is -0.391. The number of rotatable bonds is 4. The molecular weight excluding hydrogens is 258 g/mol. The van der Waals surface area contributed by atoms with Crippen LogP contribution in [0.15, 0.2) is 36.4 Å². The lowest BCUT2D eigenvalue weighted by Gasteiger charge is -2.20. The normalized spacial score (nSPS) is 12.4. The Bertz CT molecular complexity index is 588. The minimum Gasteiger partial charge on any atom is -0.271 e. The Morgan fingerprint density at radius 3 is 2.50 bits per heavy atom. The average Bonchev–Trinajstić information content (AvgIpc) is 2.36. The molecule has 3 N–H and O–H groups in total. The van der Waals surface area contributed by atoms with E-state index in [1.165, 1.54) is 18.2 Å². The molecule has 2 aromatic rings. The van der Waals surface area contributed by atoms with Crippen LogP contribution in [0.2, 0.25) is 0 Å². The van der Waals surface area contributed by atoms with Crippen LogP contribution in [0.4, 0.5) is 8.78 Å². The van der Waals surface area contributed by atoms with Crippen molar-refractivity contribution >= 4 is 0 Å². The number of nitrogens with one attached hydrogen (secondary N) is 1. The second-order valence-corrected chi connectivity index (χ2v) is 5.03. The van der Waals surface area contributed by atoms with E-state index in [4.69, 9.17) is 5.84 Å². The van der Waals surface area contributed by atoms with Gasteiger partial charge in [0.1, 0.15) is 11.6 Å². The van der Waals surface area contributed by atoms with E-state index in [-0.39, 0.29) is 11.6 Å². The van der Waals surface area contributed by atoms with Gasteiger partial charge in [-0.15, -0.1) is 0 Å². The summed E-state index contributed by atoms with van der Waals surface area (Å²) < 4.78 is 27.4. The van der Waals surface area contributed by atoms with Gasteiger partial charge in [0.15, 0.2) is 0 Å². The minimum absolute atomic E-state index is 0.290. The average molecular weight is 276 g/mol. The predicted octanol–water partition coefficient (Wildman–Crippen LogP) is 3.33. The summed E-state index contributed by atoms with van der Waals surface area (Å²) in [5, 5.41) is 0. The number of nitrogens with two attached hydrogens (primary N) is 1. The highest BCUT2D eigenvalue weighted by Gasteiger charge is 2.18. The van der Waals surface area contributed by atoms with Crippen molar-refractivity contribution in [2.75, 3.05) is 0 Å². The van der Waals surface area contributed by atoms with Gasteiger partial charge in [0, 0.05) is 5.56 Å². The summed E-state index contributed by atoms with van der Waals surface area (Å²) in [6.45, 7) is 3.69. The highest BCUT2D eigenvalue weighted by atomic mass is 19.1. The van der Waals surface area contributed by atoms with Crippen molar-refractivity contribution in [1.82, 2.24) is 5.43 Å². The molecule has 2 nitrogen and oxygen atoms in total. The first-order valence-electron chi connectivity index (χ1n) is 6.48. The van der Waals surface area contributed by atoms with E-state index in [9.17, 15) is 8.78 Å². The number of aryl methyl sites for hydroxylation is 2. The van der Waals surface area contributed by atoms with Crippen molar-refractivity contribution in [1.29, 1.82) is 0 Å². The predicted molar refractivity (Wildman–Crippen MR) is 76.0 cm³/mol. The first-order chi connectivity index (χ1) is 9.51. The van der Waals surface area contributed by atoms with Crippen LogP contribution in [0.25, 0.3) is 0 Å². The quantitative estimate of drug-likeness (QED) is 0.664. The number of hydrogen-bond donors (Lipinski definition) is 2. The topological polar surface area (TPSA) is 38.0 Å². The van der Waals surface area contributed by atoms with Crippen LogP contribution >= 0.6 is 0 Å². The monoisotopic (exact) mass is 276 g/mol. The molecule has 0 spiro atoms. The van der Waals surface area contributed by atoms with E-state index in [0.29, 0.717) is 12.0 Å². The Kier molecular flexibility index (Phi) is 4.47. The number of halogens is 2. The van der Waals surface area contributed by atoms with Crippen LogP contribution in [0.3, 0.4) is 0 Å². The van der Waals surface area contributed by atoms with Crippen molar-refractivity contribution in [3.8, 4) is 0 Å². The maximum atomic E-state index is 14.2. The van der Waals surface area contributed by atoms with Gasteiger partial charge in [-0.3, -0.25) is 11.3 Å². The Morgan fingerprint density at radius 1 is 1.15 bits per heavy atom. The molecule has 0 aliphatic heterocycles. The molecule has 0 aliphatic carbocycles. The first kappa shape index (κ1) is 14.6. The molecule has 1 atom stereocenters. The summed E-state index contributed by atoms with van der Waals surface area (Å²) in [5.74, 6) is 4.96. The smallest absolute Gasteiger partial charge is 0.128 e. The third-order valence-electron chi connectivity index (χ3n) is 3.36. The van der Waals surface area contributed by atoms with Gasteiger partial charge < -0.3 is 0 Å². The van der Waals surface area contributed by atoms with Gasteiger partial charge in [0.05, 0.1) is 6.04 Å². The fraction of sp³-hybridized carbons (Fsp3) is 0.250. The van der Waals surface area contributed by atoms with Crippen molar-refractivity contribution in [2.45, 2.75) is 26.3 Å². The standard InChI is InChI=1S/C16H18F2N2/c1-10-6-11(2)16(14(18)7-10)15(20-19)9-12-4-3-5-13(17)8-12/h3-8,15,20H,9,19H2,1-2H3. The van der Waals surface area contributed by atoms with E-state index >= 15 is 0 Å². The molecule has 2 aromatic carbocycles. The molecule has 106 valence electrons. The first-order valence-corrected chi connectivity index (χ1v) is 6.48. The highest BCUT2D eigenvalue weighted by molar-refractivity contribution is 5.35. The van der Waals surface area contributed by atoms with E-state index in [2.05, 4.69) is 5.43 Å². The SMILES string of the molecule is Cc1cc(C)c(C(Cc2cccc(F)c2)NN)c(F)c1. The van der Waals surface area contributed by atoms with Crippen LogP contribution in [-0.2, 0) is 6.42 Å². The molecule has 4 heteroatoms. The molecule has 1 unspecified atom stereocenters. The van der Waals surface area contributed by atoms with Gasteiger partial charge in [-0.1, -0.05) is 18.2 Å². The summed E-state index contributed by atoms with van der Waals surface area (Å²) >= 11 is 0. The van der Waals surface area contributed by atoms with Crippen molar-refractivity contribution < 1.29 is 8.78 Å². The Morgan fingerprint density at radius 2 is 1.90 bits per heavy atom. The lowest BCUT2D eigenvalue weighted by Crippen LogP contribution is -2.31. The van der Waals surface area contributed by atoms with Crippen molar-refractivity contribution in [3.05, 3.63) is 70.3 Å². The number of hydrogen-bond acceptors (Lipinski definition) is 2. The van der Waals surface area contributed by atoms with Crippen molar-refractivity contribution in [3.63, 3.8) is 0 Å². The van der Waals surface area contributed by atoms with E-state index in [1.807, 2.05) is 19.9 Å². The van der Waals surface area contributed by atoms with E-state index in [1.54, 1.807) is 12.1 Å². The van der Waals surface area contributed by atoms with Crippen molar-refractivity contribution in [2.24, 2.45) is 5.84 Å². The fourth-order valence-corrected chi connectivity index (χ4v) is 2.51. The summed E-state index contributed by atoms with van der Waals surface area (Å²) in [7, 11) is 0. The molecule has 20 heavy (non-hydrogen) atoms. The molecular formula is C16H18F2N2. The van der Waals surface area contributed by atoms with Crippen LogP contribution in [0.5, 0.6) is 0 Å². The summed E-state index contributed by atoms with van der Waals surface area (Å²) in [4.78, 5) is 0. The molecule has 0 saturated carbocycles. The van der Waals surface area contributed by atoms with Gasteiger partial charge in [-0.25, -0.2) is 8.78 Å². The molecule has 2 rings (SSSR count). The zero-order valence-electron chi connectivity index (χ0n) is 11.6. The summed E-state index contributed by atoms with van der Waals surface area (Å²) in [6, 6.07) is 9.26. The Hall–Kier alpha value is -1.78. The van der Waals surface area contributed by atoms with E-state index in [0.717, 1.165) is 16.7 Å². The molecule has 0 radical (unpaired) electrons.